The number of rotatable bonds is 7. The van der Waals surface area contributed by atoms with Crippen LogP contribution in [-0.4, -0.2) is 76.8 Å². The van der Waals surface area contributed by atoms with E-state index < -0.39 is 69.8 Å². The van der Waals surface area contributed by atoms with E-state index in [9.17, 15) is 34.3 Å². The van der Waals surface area contributed by atoms with Crippen molar-refractivity contribution in [3.63, 3.8) is 0 Å². The van der Waals surface area contributed by atoms with E-state index in [0.29, 0.717) is 30.0 Å². The number of ketones is 4. The quantitative estimate of drug-likeness (QED) is 0.255. The lowest BCUT2D eigenvalue weighted by molar-refractivity contribution is -0.166. The van der Waals surface area contributed by atoms with Crippen LogP contribution >= 0.6 is 0 Å². The zero-order valence-corrected chi connectivity index (χ0v) is 24.0. The topological polar surface area (TPSA) is 223 Å². The summed E-state index contributed by atoms with van der Waals surface area (Å²) in [5, 5.41) is 25.0. The molecular weight excluding hydrogens is 528 g/mol. The van der Waals surface area contributed by atoms with E-state index in [1.54, 1.807) is 12.1 Å². The number of primary amides is 1. The number of aromatic hydroxyl groups is 1. The van der Waals surface area contributed by atoms with Gasteiger partial charge in [-0.05, 0) is 56.9 Å². The molecule has 0 bridgehead atoms. The summed E-state index contributed by atoms with van der Waals surface area (Å²) in [5.41, 5.74) is 14.1. The Morgan fingerprint density at radius 3 is 2.34 bits per heavy atom. The number of phenolic OH excluding ortho intramolecular Hbond substituents is 1. The molecule has 0 aliphatic heterocycles. The molecule has 3 aliphatic carbocycles. The minimum Gasteiger partial charge on any atom is -0.507 e. The third kappa shape index (κ3) is 4.06. The Labute approximate surface area is 238 Å². The first-order chi connectivity index (χ1) is 19.0. The Morgan fingerprint density at radius 1 is 1.20 bits per heavy atom. The number of hydrogen-bond donors (Lipinski definition) is 5. The molecule has 41 heavy (non-hydrogen) atoms. The van der Waals surface area contributed by atoms with Gasteiger partial charge in [-0.1, -0.05) is 26.8 Å². The molecule has 12 heteroatoms. The van der Waals surface area contributed by atoms with Gasteiger partial charge in [0.05, 0.1) is 23.2 Å². The van der Waals surface area contributed by atoms with Crippen molar-refractivity contribution in [1.82, 2.24) is 10.2 Å². The van der Waals surface area contributed by atoms with Crippen LogP contribution in [0.1, 0.15) is 54.2 Å². The van der Waals surface area contributed by atoms with Crippen molar-refractivity contribution in [2.75, 3.05) is 20.6 Å². The van der Waals surface area contributed by atoms with E-state index in [2.05, 4.69) is 5.32 Å². The maximum atomic E-state index is 14.4. The maximum absolute atomic E-state index is 14.4. The first-order valence-electron chi connectivity index (χ1n) is 13.7. The van der Waals surface area contributed by atoms with Crippen molar-refractivity contribution in [3.05, 3.63) is 28.3 Å². The van der Waals surface area contributed by atoms with Crippen LogP contribution in [0.25, 0.3) is 0 Å². The number of aryl methyl sites for hydroxylation is 1. The first kappa shape index (κ1) is 30.5. The number of carbonyl (C=O) groups is 5. The highest BCUT2D eigenvalue weighted by molar-refractivity contribution is 6.33. The van der Waals surface area contributed by atoms with E-state index in [1.165, 1.54) is 19.0 Å². The SMILES string of the molecule is CCc1cc(CNCC(C)C)c(O)c2c1C[C@@]1(N)C[C@@]3(N)[C@H](N(C)C)C(=O)C(C(N)=O)C(=O)[C@@]3(C#N)C(=O)C1C2=O. The molecule has 1 aromatic carbocycles. The highest BCUT2D eigenvalue weighted by atomic mass is 16.3. The molecule has 0 saturated heterocycles. The van der Waals surface area contributed by atoms with Gasteiger partial charge < -0.3 is 27.6 Å². The monoisotopic (exact) mass is 566 g/mol. The number of carbonyl (C=O) groups excluding carboxylic acids is 5. The average Bonchev–Trinajstić information content (AvgIpc) is 2.83. The van der Waals surface area contributed by atoms with Crippen molar-refractivity contribution in [3.8, 4) is 11.8 Å². The van der Waals surface area contributed by atoms with Crippen molar-refractivity contribution in [2.45, 2.75) is 63.7 Å². The van der Waals surface area contributed by atoms with Gasteiger partial charge in [0.1, 0.15) is 11.7 Å². The molecule has 8 N–H and O–H groups in total. The lowest BCUT2D eigenvalue weighted by atomic mass is 9.42. The minimum atomic E-state index is -2.75. The molecule has 2 saturated carbocycles. The molecule has 6 atom stereocenters. The zero-order chi connectivity index (χ0) is 30.8. The van der Waals surface area contributed by atoms with Crippen LogP contribution in [-0.2, 0) is 38.6 Å². The van der Waals surface area contributed by atoms with E-state index >= 15 is 0 Å². The fraction of sp³-hybridized carbons (Fsp3) is 0.586. The number of nitrogens with two attached hydrogens (primary N) is 3. The summed E-state index contributed by atoms with van der Waals surface area (Å²) in [4.78, 5) is 69.6. The number of benzene rings is 1. The van der Waals surface area contributed by atoms with Crippen LogP contribution < -0.4 is 22.5 Å². The molecule has 1 aromatic rings. The molecule has 3 aliphatic rings. The zero-order valence-electron chi connectivity index (χ0n) is 24.0. The molecule has 1 amide bonds. The van der Waals surface area contributed by atoms with Crippen LogP contribution in [0.4, 0.5) is 0 Å². The Kier molecular flexibility index (Phi) is 7.50. The van der Waals surface area contributed by atoms with Gasteiger partial charge in [0.25, 0.3) is 0 Å². The van der Waals surface area contributed by atoms with Crippen LogP contribution in [0.5, 0.6) is 5.75 Å². The number of nitrogens with zero attached hydrogens (tertiary/aromatic N) is 2. The predicted octanol–water partition coefficient (Wildman–Crippen LogP) is -0.884. The van der Waals surface area contributed by atoms with Gasteiger partial charge in [-0.3, -0.25) is 28.9 Å². The number of nitrogens with one attached hydrogen (secondary N) is 1. The number of Topliss-reactive ketones (excluding diaryl/α,β-unsaturated/α-hetero) is 4. The largest absolute Gasteiger partial charge is 0.507 e. The minimum absolute atomic E-state index is 0.0663. The third-order valence-electron chi connectivity index (χ3n) is 9.01. The Hall–Kier alpha value is -3.50. The molecule has 2 fully saturated rings. The highest BCUT2D eigenvalue weighted by Crippen LogP contribution is 2.56. The lowest BCUT2D eigenvalue weighted by Gasteiger charge is -2.60. The predicted molar refractivity (Wildman–Crippen MR) is 147 cm³/mol. The summed E-state index contributed by atoms with van der Waals surface area (Å²) >= 11 is 0. The van der Waals surface area contributed by atoms with Gasteiger partial charge in [0.2, 0.25) is 5.91 Å². The standard InChI is InChI=1S/C29H38N6O6/c1-6-14-7-15(10-34-9-13(2)3)20(36)17-16(14)8-27(32)11-29(33)23(35(4)5)22(38)18(26(31)41)24(39)28(29,12-30)25(40)19(27)21(17)37/h7,13,18-19,23,34,36H,6,8-11,32-33H2,1-5H3,(H2,31,41)/t18?,19?,23-,27-,28+,29-/m1/s1. The van der Waals surface area contributed by atoms with Gasteiger partial charge in [-0.15, -0.1) is 0 Å². The molecule has 0 heterocycles. The Balaban J connectivity index is 1.95. The fourth-order valence-corrected chi connectivity index (χ4v) is 7.36. The molecule has 0 spiro atoms. The summed E-state index contributed by atoms with van der Waals surface area (Å²) in [6.45, 7) is 6.88. The molecule has 12 nitrogen and oxygen atoms in total. The molecule has 0 radical (unpaired) electrons. The number of amides is 1. The summed E-state index contributed by atoms with van der Waals surface area (Å²) in [6.07, 6.45) is 0.000965. The second-order valence-corrected chi connectivity index (χ2v) is 12.4. The van der Waals surface area contributed by atoms with Crippen LogP contribution in [0.2, 0.25) is 0 Å². The number of phenols is 1. The summed E-state index contributed by atoms with van der Waals surface area (Å²) < 4.78 is 0. The maximum Gasteiger partial charge on any atom is 0.235 e. The smallest absolute Gasteiger partial charge is 0.235 e. The van der Waals surface area contributed by atoms with E-state index in [1.807, 2.05) is 20.8 Å². The van der Waals surface area contributed by atoms with Crippen LogP contribution in [0.3, 0.4) is 0 Å². The fourth-order valence-electron chi connectivity index (χ4n) is 7.36. The summed E-state index contributed by atoms with van der Waals surface area (Å²) in [7, 11) is 2.94. The van der Waals surface area contributed by atoms with Crippen LogP contribution in [0, 0.1) is 34.5 Å². The van der Waals surface area contributed by atoms with Crippen molar-refractivity contribution < 1.29 is 29.1 Å². The lowest BCUT2D eigenvalue weighted by Crippen LogP contribution is -2.85. The third-order valence-corrected chi connectivity index (χ3v) is 9.01. The van der Waals surface area contributed by atoms with Gasteiger partial charge in [-0.25, -0.2) is 0 Å². The van der Waals surface area contributed by atoms with Crippen molar-refractivity contribution in [2.24, 2.45) is 40.4 Å². The second kappa shape index (κ2) is 10.1. The summed E-state index contributed by atoms with van der Waals surface area (Å²) in [5.74, 6) is -9.36. The highest BCUT2D eigenvalue weighted by Gasteiger charge is 2.78. The van der Waals surface area contributed by atoms with Crippen molar-refractivity contribution in [1.29, 1.82) is 5.26 Å². The average molecular weight is 567 g/mol. The van der Waals surface area contributed by atoms with E-state index in [-0.39, 0.29) is 24.3 Å². The Bertz CT molecular complexity index is 1420. The normalized spacial score (nSPS) is 32.9. The second-order valence-electron chi connectivity index (χ2n) is 12.4. The number of likely N-dealkylation sites (N-methyl/N-ethyl adjacent to an activating group) is 1. The van der Waals surface area contributed by atoms with Gasteiger partial charge in [-0.2, -0.15) is 5.26 Å². The Morgan fingerprint density at radius 2 is 1.83 bits per heavy atom. The van der Waals surface area contributed by atoms with Gasteiger partial charge in [0, 0.05) is 17.6 Å². The molecule has 220 valence electrons. The molecule has 2 unspecified atom stereocenters. The first-order valence-corrected chi connectivity index (χ1v) is 13.7. The number of fused-ring (bicyclic) bond motifs is 3. The number of hydrogen-bond acceptors (Lipinski definition) is 11. The molecule has 0 aromatic heterocycles. The number of nitriles is 1. The van der Waals surface area contributed by atoms with E-state index in [0.717, 1.165) is 5.56 Å². The van der Waals surface area contributed by atoms with E-state index in [4.69, 9.17) is 17.2 Å². The van der Waals surface area contributed by atoms with Gasteiger partial charge in [0.15, 0.2) is 34.5 Å². The van der Waals surface area contributed by atoms with Crippen LogP contribution in [0.15, 0.2) is 6.07 Å². The summed E-state index contributed by atoms with van der Waals surface area (Å²) in [6, 6.07) is 2.09. The molecule has 4 rings (SSSR count). The van der Waals surface area contributed by atoms with Gasteiger partial charge >= 0.3 is 0 Å². The molecular formula is C29H38N6O6. The van der Waals surface area contributed by atoms with Crippen molar-refractivity contribution >= 4 is 29.0 Å².